The van der Waals surface area contributed by atoms with Gasteiger partial charge in [0.2, 0.25) is 0 Å². The minimum atomic E-state index is -0.761. The Bertz CT molecular complexity index is 902. The van der Waals surface area contributed by atoms with Crippen LogP contribution in [-0.2, 0) is 9.53 Å². The van der Waals surface area contributed by atoms with E-state index in [2.05, 4.69) is 5.32 Å². The molecule has 0 heterocycles. The van der Waals surface area contributed by atoms with Crippen LogP contribution in [0.2, 0.25) is 0 Å². The summed E-state index contributed by atoms with van der Waals surface area (Å²) in [6.45, 7) is 2.82. The van der Waals surface area contributed by atoms with E-state index in [-0.39, 0.29) is 16.9 Å². The summed E-state index contributed by atoms with van der Waals surface area (Å²) in [4.78, 5) is 35.0. The molecule has 0 aliphatic heterocycles. The van der Waals surface area contributed by atoms with Gasteiger partial charge in [0, 0.05) is 12.1 Å². The van der Waals surface area contributed by atoms with Crippen molar-refractivity contribution in [1.82, 2.24) is 0 Å². The van der Waals surface area contributed by atoms with Crippen LogP contribution in [0.15, 0.2) is 30.3 Å². The van der Waals surface area contributed by atoms with Crippen molar-refractivity contribution in [2.45, 2.75) is 13.8 Å². The first-order valence-corrected chi connectivity index (χ1v) is 8.21. The van der Waals surface area contributed by atoms with Gasteiger partial charge in [0.25, 0.3) is 11.6 Å². The number of nitro benzene ring substituents is 1. The van der Waals surface area contributed by atoms with Crippen molar-refractivity contribution in [3.63, 3.8) is 0 Å². The van der Waals surface area contributed by atoms with Gasteiger partial charge >= 0.3 is 5.97 Å². The standard InChI is InChI=1S/C19H20N2O7/c1-11-5-6-16(21(24)25)18(12(11)2)20-17(22)10-28-19(23)13-7-14(26-3)9-15(8-13)27-4/h5-9H,10H2,1-4H3,(H,20,22). The Morgan fingerprint density at radius 3 is 2.21 bits per heavy atom. The molecule has 0 aromatic heterocycles. The van der Waals surface area contributed by atoms with Crippen molar-refractivity contribution in [2.24, 2.45) is 0 Å². The third kappa shape index (κ3) is 4.76. The van der Waals surface area contributed by atoms with E-state index in [0.717, 1.165) is 5.56 Å². The van der Waals surface area contributed by atoms with Crippen molar-refractivity contribution in [1.29, 1.82) is 0 Å². The van der Waals surface area contributed by atoms with E-state index in [4.69, 9.17) is 14.2 Å². The second-order valence-electron chi connectivity index (χ2n) is 5.88. The number of carbonyl (C=O) groups is 2. The number of aryl methyl sites for hydroxylation is 1. The number of rotatable bonds is 7. The molecule has 28 heavy (non-hydrogen) atoms. The average Bonchev–Trinajstić information content (AvgIpc) is 2.68. The summed E-state index contributed by atoms with van der Waals surface area (Å²) in [6, 6.07) is 7.38. The van der Waals surface area contributed by atoms with Crippen LogP contribution < -0.4 is 14.8 Å². The van der Waals surface area contributed by atoms with Crippen molar-refractivity contribution in [2.75, 3.05) is 26.1 Å². The Labute approximate surface area is 161 Å². The summed E-state index contributed by atoms with van der Waals surface area (Å²) >= 11 is 0. The first-order valence-electron chi connectivity index (χ1n) is 8.21. The molecule has 0 aliphatic carbocycles. The SMILES string of the molecule is COc1cc(OC)cc(C(=O)OCC(=O)Nc2c([N+](=O)[O-])ccc(C)c2C)c1. The summed E-state index contributed by atoms with van der Waals surface area (Å²) in [5.74, 6) is -0.675. The highest BCUT2D eigenvalue weighted by molar-refractivity contribution is 5.97. The van der Waals surface area contributed by atoms with Crippen molar-refractivity contribution in [3.05, 3.63) is 57.1 Å². The summed E-state index contributed by atoms with van der Waals surface area (Å²) < 4.78 is 15.2. The Balaban J connectivity index is 2.10. The molecule has 0 radical (unpaired) electrons. The molecular formula is C19H20N2O7. The van der Waals surface area contributed by atoms with Crippen LogP contribution in [0.25, 0.3) is 0 Å². The summed E-state index contributed by atoms with van der Waals surface area (Å²) in [5.41, 5.74) is 1.32. The van der Waals surface area contributed by atoms with E-state index in [0.29, 0.717) is 17.1 Å². The Hall–Kier alpha value is -3.62. The highest BCUT2D eigenvalue weighted by Gasteiger charge is 2.20. The maximum Gasteiger partial charge on any atom is 0.338 e. The molecule has 148 valence electrons. The number of anilines is 1. The molecule has 1 amide bonds. The zero-order chi connectivity index (χ0) is 20.8. The van der Waals surface area contributed by atoms with Gasteiger partial charge in [-0.25, -0.2) is 4.79 Å². The third-order valence-corrected chi connectivity index (χ3v) is 4.10. The Morgan fingerprint density at radius 2 is 1.68 bits per heavy atom. The molecule has 0 fully saturated rings. The highest BCUT2D eigenvalue weighted by Crippen LogP contribution is 2.30. The van der Waals surface area contributed by atoms with Crippen LogP contribution in [0.1, 0.15) is 21.5 Å². The lowest BCUT2D eigenvalue weighted by molar-refractivity contribution is -0.384. The fourth-order valence-corrected chi connectivity index (χ4v) is 2.43. The van der Waals surface area contributed by atoms with Crippen LogP contribution >= 0.6 is 0 Å². The zero-order valence-electron chi connectivity index (χ0n) is 15.9. The molecule has 9 heteroatoms. The van der Waals surface area contributed by atoms with Gasteiger partial charge in [-0.3, -0.25) is 14.9 Å². The van der Waals surface area contributed by atoms with Gasteiger partial charge < -0.3 is 19.5 Å². The predicted octanol–water partition coefficient (Wildman–Crippen LogP) is 3.02. The minimum absolute atomic E-state index is 0.0779. The van der Waals surface area contributed by atoms with Gasteiger partial charge in [-0.1, -0.05) is 6.07 Å². The van der Waals surface area contributed by atoms with Gasteiger partial charge in [-0.05, 0) is 37.1 Å². The van der Waals surface area contributed by atoms with Gasteiger partial charge in [0.05, 0.1) is 24.7 Å². The number of hydrogen-bond acceptors (Lipinski definition) is 7. The largest absolute Gasteiger partial charge is 0.497 e. The van der Waals surface area contributed by atoms with Crippen molar-refractivity contribution < 1.29 is 28.7 Å². The van der Waals surface area contributed by atoms with Crippen LogP contribution in [0.5, 0.6) is 11.5 Å². The summed E-state index contributed by atoms with van der Waals surface area (Å²) in [7, 11) is 2.88. The molecule has 0 bridgehead atoms. The average molecular weight is 388 g/mol. The monoisotopic (exact) mass is 388 g/mol. The number of nitro groups is 1. The molecule has 0 saturated heterocycles. The van der Waals surface area contributed by atoms with Crippen LogP contribution in [0.3, 0.4) is 0 Å². The molecule has 2 aromatic rings. The fraction of sp³-hybridized carbons (Fsp3) is 0.263. The molecule has 2 aromatic carbocycles. The fourth-order valence-electron chi connectivity index (χ4n) is 2.43. The topological polar surface area (TPSA) is 117 Å². The normalized spacial score (nSPS) is 10.1. The smallest absolute Gasteiger partial charge is 0.338 e. The Kier molecular flexibility index (Phi) is 6.54. The van der Waals surface area contributed by atoms with Crippen molar-refractivity contribution in [3.8, 4) is 11.5 Å². The van der Waals surface area contributed by atoms with Gasteiger partial charge in [-0.2, -0.15) is 0 Å². The maximum atomic E-state index is 12.2. The lowest BCUT2D eigenvalue weighted by Gasteiger charge is -2.12. The number of methoxy groups -OCH3 is 2. The molecule has 0 spiro atoms. The summed E-state index contributed by atoms with van der Waals surface area (Å²) in [5, 5.41) is 13.6. The maximum absolute atomic E-state index is 12.2. The molecule has 2 rings (SSSR count). The number of carbonyl (C=O) groups excluding carboxylic acids is 2. The van der Waals surface area contributed by atoms with E-state index >= 15 is 0 Å². The van der Waals surface area contributed by atoms with E-state index in [9.17, 15) is 19.7 Å². The number of amides is 1. The van der Waals surface area contributed by atoms with Gasteiger partial charge in [0.1, 0.15) is 17.2 Å². The number of hydrogen-bond donors (Lipinski definition) is 1. The third-order valence-electron chi connectivity index (χ3n) is 4.10. The molecule has 0 atom stereocenters. The zero-order valence-corrected chi connectivity index (χ0v) is 15.9. The predicted molar refractivity (Wildman–Crippen MR) is 101 cm³/mol. The highest BCUT2D eigenvalue weighted by atomic mass is 16.6. The lowest BCUT2D eigenvalue weighted by Crippen LogP contribution is -2.22. The molecule has 9 nitrogen and oxygen atoms in total. The molecule has 1 N–H and O–H groups in total. The first-order chi connectivity index (χ1) is 13.3. The lowest BCUT2D eigenvalue weighted by atomic mass is 10.1. The molecular weight excluding hydrogens is 368 g/mol. The second kappa shape index (κ2) is 8.85. The van der Waals surface area contributed by atoms with Crippen LogP contribution in [-0.4, -0.2) is 37.6 Å². The van der Waals surface area contributed by atoms with Gasteiger partial charge in [-0.15, -0.1) is 0 Å². The summed E-state index contributed by atoms with van der Waals surface area (Å²) in [6.07, 6.45) is 0. The number of nitrogens with zero attached hydrogens (tertiary/aromatic N) is 1. The van der Waals surface area contributed by atoms with Crippen molar-refractivity contribution >= 4 is 23.3 Å². The molecule has 0 unspecified atom stereocenters. The minimum Gasteiger partial charge on any atom is -0.497 e. The first kappa shape index (κ1) is 20.7. The Morgan fingerprint density at radius 1 is 1.07 bits per heavy atom. The number of esters is 1. The van der Waals surface area contributed by atoms with E-state index in [1.54, 1.807) is 26.0 Å². The molecule has 0 saturated carbocycles. The van der Waals surface area contributed by atoms with E-state index < -0.39 is 23.4 Å². The van der Waals surface area contributed by atoms with E-state index in [1.807, 2.05) is 0 Å². The second-order valence-corrected chi connectivity index (χ2v) is 5.88. The van der Waals surface area contributed by atoms with Gasteiger partial charge in [0.15, 0.2) is 6.61 Å². The van der Waals surface area contributed by atoms with Crippen LogP contribution in [0, 0.1) is 24.0 Å². The van der Waals surface area contributed by atoms with Crippen LogP contribution in [0.4, 0.5) is 11.4 Å². The molecule has 0 aliphatic rings. The number of benzene rings is 2. The number of nitrogens with one attached hydrogen (secondary N) is 1. The number of ether oxygens (including phenoxy) is 3. The quantitative estimate of drug-likeness (QED) is 0.440. The van der Waals surface area contributed by atoms with E-state index in [1.165, 1.54) is 32.4 Å².